The molecule has 1 aliphatic rings. The van der Waals surface area contributed by atoms with Crippen LogP contribution in [0.2, 0.25) is 0 Å². The van der Waals surface area contributed by atoms with E-state index >= 15 is 0 Å². The molecule has 1 aromatic heterocycles. The number of hydrogen-bond acceptors (Lipinski definition) is 4. The van der Waals surface area contributed by atoms with E-state index in [1.165, 1.54) is 0 Å². The largest absolute Gasteiger partial charge is 0.379 e. The van der Waals surface area contributed by atoms with E-state index < -0.39 is 0 Å². The lowest BCUT2D eigenvalue weighted by atomic mass is 9.94. The summed E-state index contributed by atoms with van der Waals surface area (Å²) < 4.78 is 5.43. The van der Waals surface area contributed by atoms with Crippen LogP contribution < -0.4 is 10.6 Å². The molecule has 0 aromatic carbocycles. The van der Waals surface area contributed by atoms with E-state index in [2.05, 4.69) is 15.6 Å². The molecule has 1 amide bonds. The molecule has 1 atom stereocenters. The van der Waals surface area contributed by atoms with Crippen molar-refractivity contribution in [3.05, 3.63) is 23.9 Å². The maximum absolute atomic E-state index is 12.2. The first kappa shape index (κ1) is 13.8. The fraction of sp³-hybridized carbons (Fsp3) is 0.571. The van der Waals surface area contributed by atoms with Gasteiger partial charge in [0.1, 0.15) is 5.82 Å². The number of hydrogen-bond donors (Lipinski definition) is 2. The van der Waals surface area contributed by atoms with Crippen LogP contribution >= 0.6 is 0 Å². The summed E-state index contributed by atoms with van der Waals surface area (Å²) in [6, 6.07) is 3.60. The summed E-state index contributed by atoms with van der Waals surface area (Å²) in [5.41, 5.74) is 0.309. The summed E-state index contributed by atoms with van der Waals surface area (Å²) in [5, 5.41) is 6.14. The first-order chi connectivity index (χ1) is 9.13. The van der Waals surface area contributed by atoms with Crippen LogP contribution in [-0.4, -0.2) is 36.2 Å². The van der Waals surface area contributed by atoms with Crippen molar-refractivity contribution in [2.45, 2.75) is 32.2 Å². The number of carbonyl (C=O) groups excluding carboxylic acids is 1. The van der Waals surface area contributed by atoms with Gasteiger partial charge in [0.25, 0.3) is 5.91 Å². The van der Waals surface area contributed by atoms with Gasteiger partial charge in [-0.2, -0.15) is 0 Å². The van der Waals surface area contributed by atoms with Crippen LogP contribution in [-0.2, 0) is 4.74 Å². The predicted molar refractivity (Wildman–Crippen MR) is 74.3 cm³/mol. The second kappa shape index (κ2) is 6.02. The molecule has 1 aromatic rings. The summed E-state index contributed by atoms with van der Waals surface area (Å²) in [4.78, 5) is 16.4. The van der Waals surface area contributed by atoms with Gasteiger partial charge in [-0.25, -0.2) is 4.98 Å². The van der Waals surface area contributed by atoms with Gasteiger partial charge in [-0.1, -0.05) is 0 Å². The molecule has 2 rings (SSSR count). The Morgan fingerprint density at radius 2 is 2.37 bits per heavy atom. The van der Waals surface area contributed by atoms with E-state index in [0.717, 1.165) is 31.8 Å². The SMILES string of the molecule is CCNc1ccc(C(=O)NC2(C)CCCOC2)cn1. The normalized spacial score (nSPS) is 22.8. The Balaban J connectivity index is 1.99. The molecule has 19 heavy (non-hydrogen) atoms. The van der Waals surface area contributed by atoms with Gasteiger partial charge in [0.15, 0.2) is 0 Å². The molecule has 1 unspecified atom stereocenters. The smallest absolute Gasteiger partial charge is 0.253 e. The van der Waals surface area contributed by atoms with Crippen molar-refractivity contribution in [2.24, 2.45) is 0 Å². The Labute approximate surface area is 113 Å². The Hall–Kier alpha value is -1.62. The minimum absolute atomic E-state index is 0.0939. The van der Waals surface area contributed by atoms with E-state index in [0.29, 0.717) is 12.2 Å². The number of nitrogens with one attached hydrogen (secondary N) is 2. The highest BCUT2D eigenvalue weighted by Gasteiger charge is 2.29. The molecule has 5 nitrogen and oxygen atoms in total. The molecule has 104 valence electrons. The van der Waals surface area contributed by atoms with Crippen LogP contribution in [0.3, 0.4) is 0 Å². The number of aromatic nitrogens is 1. The van der Waals surface area contributed by atoms with Crippen LogP contribution in [0.4, 0.5) is 5.82 Å². The number of pyridine rings is 1. The van der Waals surface area contributed by atoms with E-state index in [9.17, 15) is 4.79 Å². The Kier molecular flexibility index (Phi) is 4.37. The van der Waals surface area contributed by atoms with Gasteiger partial charge in [-0.05, 0) is 38.8 Å². The van der Waals surface area contributed by atoms with Gasteiger partial charge < -0.3 is 15.4 Å². The second-order valence-corrected chi connectivity index (χ2v) is 5.13. The Morgan fingerprint density at radius 1 is 1.53 bits per heavy atom. The van der Waals surface area contributed by atoms with E-state index in [4.69, 9.17) is 4.74 Å². The van der Waals surface area contributed by atoms with Crippen molar-refractivity contribution in [2.75, 3.05) is 25.1 Å². The summed E-state index contributed by atoms with van der Waals surface area (Å²) in [7, 11) is 0. The maximum Gasteiger partial charge on any atom is 0.253 e. The molecule has 0 bridgehead atoms. The lowest BCUT2D eigenvalue weighted by molar-refractivity contribution is 0.0272. The number of nitrogens with zero attached hydrogens (tertiary/aromatic N) is 1. The summed E-state index contributed by atoms with van der Waals surface area (Å²) in [6.45, 7) is 6.19. The van der Waals surface area contributed by atoms with Gasteiger partial charge in [0.05, 0.1) is 17.7 Å². The Bertz CT molecular complexity index is 425. The third-order valence-electron chi connectivity index (χ3n) is 3.24. The lowest BCUT2D eigenvalue weighted by Crippen LogP contribution is -2.51. The number of ether oxygens (including phenoxy) is 1. The van der Waals surface area contributed by atoms with Crippen LogP contribution in [0.25, 0.3) is 0 Å². The van der Waals surface area contributed by atoms with Crippen molar-refractivity contribution in [1.29, 1.82) is 0 Å². The average Bonchev–Trinajstić information content (AvgIpc) is 2.40. The summed E-state index contributed by atoms with van der Waals surface area (Å²) in [6.07, 6.45) is 3.52. The third kappa shape index (κ3) is 3.67. The van der Waals surface area contributed by atoms with Crippen molar-refractivity contribution in [3.8, 4) is 0 Å². The monoisotopic (exact) mass is 263 g/mol. The molecule has 0 saturated carbocycles. The zero-order valence-electron chi connectivity index (χ0n) is 11.5. The molecular formula is C14H21N3O2. The number of anilines is 1. The standard InChI is InChI=1S/C14H21N3O2/c1-3-15-12-6-5-11(9-16-12)13(18)17-14(2)7-4-8-19-10-14/h5-6,9H,3-4,7-8,10H2,1-2H3,(H,15,16)(H,17,18). The minimum Gasteiger partial charge on any atom is -0.379 e. The highest BCUT2D eigenvalue weighted by Crippen LogP contribution is 2.19. The molecule has 0 radical (unpaired) electrons. The van der Waals surface area contributed by atoms with Crippen LogP contribution in [0.15, 0.2) is 18.3 Å². The first-order valence-corrected chi connectivity index (χ1v) is 6.73. The highest BCUT2D eigenvalue weighted by atomic mass is 16.5. The van der Waals surface area contributed by atoms with E-state index in [1.54, 1.807) is 12.3 Å². The van der Waals surface area contributed by atoms with Crippen LogP contribution in [0.5, 0.6) is 0 Å². The minimum atomic E-state index is -0.268. The van der Waals surface area contributed by atoms with Crippen molar-refractivity contribution in [1.82, 2.24) is 10.3 Å². The summed E-state index contributed by atoms with van der Waals surface area (Å²) >= 11 is 0. The summed E-state index contributed by atoms with van der Waals surface area (Å²) in [5.74, 6) is 0.690. The van der Waals surface area contributed by atoms with E-state index in [-0.39, 0.29) is 11.4 Å². The second-order valence-electron chi connectivity index (χ2n) is 5.13. The average molecular weight is 263 g/mol. The molecule has 1 fully saturated rings. The molecule has 1 saturated heterocycles. The van der Waals surface area contributed by atoms with Gasteiger partial charge in [0.2, 0.25) is 0 Å². The van der Waals surface area contributed by atoms with Crippen molar-refractivity contribution < 1.29 is 9.53 Å². The maximum atomic E-state index is 12.2. The zero-order valence-corrected chi connectivity index (χ0v) is 11.5. The molecule has 0 spiro atoms. The third-order valence-corrected chi connectivity index (χ3v) is 3.24. The van der Waals surface area contributed by atoms with Gasteiger partial charge in [0, 0.05) is 19.3 Å². The molecular weight excluding hydrogens is 242 g/mol. The Morgan fingerprint density at radius 3 is 2.95 bits per heavy atom. The van der Waals surface area contributed by atoms with Gasteiger partial charge in [-0.3, -0.25) is 4.79 Å². The van der Waals surface area contributed by atoms with Gasteiger partial charge in [-0.15, -0.1) is 0 Å². The quantitative estimate of drug-likeness (QED) is 0.869. The molecule has 2 heterocycles. The van der Waals surface area contributed by atoms with Crippen LogP contribution in [0, 0.1) is 0 Å². The van der Waals surface area contributed by atoms with Crippen molar-refractivity contribution >= 4 is 11.7 Å². The number of amides is 1. The van der Waals surface area contributed by atoms with Gasteiger partial charge >= 0.3 is 0 Å². The molecule has 5 heteroatoms. The highest BCUT2D eigenvalue weighted by molar-refractivity contribution is 5.94. The molecule has 0 aliphatic carbocycles. The van der Waals surface area contributed by atoms with Crippen molar-refractivity contribution in [3.63, 3.8) is 0 Å². The zero-order chi connectivity index (χ0) is 13.7. The fourth-order valence-corrected chi connectivity index (χ4v) is 2.19. The number of rotatable bonds is 4. The van der Waals surface area contributed by atoms with E-state index in [1.807, 2.05) is 19.9 Å². The first-order valence-electron chi connectivity index (χ1n) is 6.73. The fourth-order valence-electron chi connectivity index (χ4n) is 2.19. The topological polar surface area (TPSA) is 63.2 Å². The van der Waals surface area contributed by atoms with Crippen LogP contribution in [0.1, 0.15) is 37.0 Å². The molecule has 2 N–H and O–H groups in total. The molecule has 1 aliphatic heterocycles. The number of carbonyl (C=O) groups is 1. The lowest BCUT2D eigenvalue weighted by Gasteiger charge is -2.34. The predicted octanol–water partition coefficient (Wildman–Crippen LogP) is 1.81.